The predicted molar refractivity (Wildman–Crippen MR) is 54.0 cm³/mol. The van der Waals surface area contributed by atoms with E-state index in [1.807, 2.05) is 30.3 Å². The second kappa shape index (κ2) is 5.78. The first-order valence-corrected chi connectivity index (χ1v) is 5.00. The van der Waals surface area contributed by atoms with Crippen LogP contribution in [0.2, 0.25) is 0 Å². The van der Waals surface area contributed by atoms with Crippen LogP contribution in [0.15, 0.2) is 35.2 Å². The Kier molecular flexibility index (Phi) is 4.57. The van der Waals surface area contributed by atoms with Crippen LogP contribution in [0.4, 0.5) is 0 Å². The maximum atomic E-state index is 11.1. The van der Waals surface area contributed by atoms with Crippen molar-refractivity contribution in [1.29, 1.82) is 0 Å². The smallest absolute Gasteiger partial charge is 0.168 e. The van der Waals surface area contributed by atoms with Gasteiger partial charge in [-0.05, 0) is 12.1 Å². The molecule has 0 aromatic heterocycles. The van der Waals surface area contributed by atoms with E-state index in [2.05, 4.69) is 0 Å². The van der Waals surface area contributed by atoms with Gasteiger partial charge in [0.25, 0.3) is 0 Å². The summed E-state index contributed by atoms with van der Waals surface area (Å²) in [6, 6.07) is 9.86. The van der Waals surface area contributed by atoms with Gasteiger partial charge in [0.15, 0.2) is 5.78 Å². The van der Waals surface area contributed by atoms with Gasteiger partial charge in [0.1, 0.15) is 6.61 Å². The van der Waals surface area contributed by atoms with Crippen LogP contribution in [0, 0.1) is 0 Å². The van der Waals surface area contributed by atoms with Crippen LogP contribution in [0.5, 0.6) is 0 Å². The second-order valence-electron chi connectivity index (χ2n) is 2.57. The lowest BCUT2D eigenvalue weighted by atomic mass is 10.4. The van der Waals surface area contributed by atoms with E-state index in [9.17, 15) is 4.79 Å². The molecule has 0 unspecified atom stereocenters. The number of rotatable bonds is 5. The van der Waals surface area contributed by atoms with Crippen molar-refractivity contribution in [2.45, 2.75) is 4.90 Å². The fourth-order valence-corrected chi connectivity index (χ4v) is 1.64. The molecule has 13 heavy (non-hydrogen) atoms. The van der Waals surface area contributed by atoms with Gasteiger partial charge in [-0.3, -0.25) is 4.79 Å². The fourth-order valence-electron chi connectivity index (χ4n) is 0.883. The molecule has 70 valence electrons. The summed E-state index contributed by atoms with van der Waals surface area (Å²) in [6.07, 6.45) is 0. The number of ketones is 1. The lowest BCUT2D eigenvalue weighted by Crippen LogP contribution is -2.08. The molecule has 0 atom stereocenters. The average molecular weight is 196 g/mol. The molecular weight excluding hydrogens is 184 g/mol. The molecule has 0 aliphatic heterocycles. The molecule has 0 aliphatic rings. The quantitative estimate of drug-likeness (QED) is 0.674. The molecule has 1 rings (SSSR count). The standard InChI is InChI=1S/C10H12O2S/c1-12-7-9(11)8-13-10-5-3-2-4-6-10/h2-6H,7-8H2,1H3. The molecule has 1 aromatic carbocycles. The molecule has 0 amide bonds. The Balaban J connectivity index is 2.31. The zero-order chi connectivity index (χ0) is 9.52. The van der Waals surface area contributed by atoms with E-state index in [-0.39, 0.29) is 12.4 Å². The first-order valence-electron chi connectivity index (χ1n) is 4.01. The largest absolute Gasteiger partial charge is 0.377 e. The van der Waals surface area contributed by atoms with Crippen molar-refractivity contribution in [2.75, 3.05) is 19.5 Å². The van der Waals surface area contributed by atoms with E-state index in [1.165, 1.54) is 18.9 Å². The highest BCUT2D eigenvalue weighted by Crippen LogP contribution is 2.16. The highest BCUT2D eigenvalue weighted by molar-refractivity contribution is 8.00. The van der Waals surface area contributed by atoms with Gasteiger partial charge < -0.3 is 4.74 Å². The van der Waals surface area contributed by atoms with Crippen molar-refractivity contribution in [3.05, 3.63) is 30.3 Å². The fraction of sp³-hybridized carbons (Fsp3) is 0.300. The van der Waals surface area contributed by atoms with Gasteiger partial charge in [-0.2, -0.15) is 0 Å². The van der Waals surface area contributed by atoms with Gasteiger partial charge in [0.2, 0.25) is 0 Å². The number of thioether (sulfide) groups is 1. The Hall–Kier alpha value is -0.800. The van der Waals surface area contributed by atoms with Crippen LogP contribution in [0.1, 0.15) is 0 Å². The van der Waals surface area contributed by atoms with Crippen molar-refractivity contribution in [3.8, 4) is 0 Å². The van der Waals surface area contributed by atoms with E-state index in [4.69, 9.17) is 4.74 Å². The van der Waals surface area contributed by atoms with E-state index in [0.717, 1.165) is 4.90 Å². The number of carbonyl (C=O) groups is 1. The van der Waals surface area contributed by atoms with Gasteiger partial charge in [0.05, 0.1) is 5.75 Å². The summed E-state index contributed by atoms with van der Waals surface area (Å²) >= 11 is 1.54. The lowest BCUT2D eigenvalue weighted by Gasteiger charge is -1.99. The Bertz CT molecular complexity index is 259. The summed E-state index contributed by atoms with van der Waals surface area (Å²) in [4.78, 5) is 12.2. The number of ether oxygens (including phenoxy) is 1. The zero-order valence-corrected chi connectivity index (χ0v) is 8.34. The third kappa shape index (κ3) is 4.10. The lowest BCUT2D eigenvalue weighted by molar-refractivity contribution is -0.120. The molecule has 0 radical (unpaired) electrons. The predicted octanol–water partition coefficient (Wildman–Crippen LogP) is 1.99. The molecule has 3 heteroatoms. The third-order valence-corrected chi connectivity index (χ3v) is 2.52. The summed E-state index contributed by atoms with van der Waals surface area (Å²) in [6.45, 7) is 0.208. The van der Waals surface area contributed by atoms with Crippen molar-refractivity contribution in [1.82, 2.24) is 0 Å². The number of hydrogen-bond acceptors (Lipinski definition) is 3. The number of hydrogen-bond donors (Lipinski definition) is 0. The Morgan fingerprint density at radius 2 is 2.08 bits per heavy atom. The Morgan fingerprint density at radius 1 is 1.38 bits per heavy atom. The van der Waals surface area contributed by atoms with Crippen LogP contribution < -0.4 is 0 Å². The number of methoxy groups -OCH3 is 1. The van der Waals surface area contributed by atoms with E-state index in [0.29, 0.717) is 5.75 Å². The maximum absolute atomic E-state index is 11.1. The van der Waals surface area contributed by atoms with Crippen LogP contribution in [0.3, 0.4) is 0 Å². The van der Waals surface area contributed by atoms with Gasteiger partial charge in [-0.25, -0.2) is 0 Å². The average Bonchev–Trinajstić information content (AvgIpc) is 2.17. The molecule has 0 heterocycles. The summed E-state index contributed by atoms with van der Waals surface area (Å²) in [5.74, 6) is 0.606. The van der Waals surface area contributed by atoms with E-state index in [1.54, 1.807) is 0 Å². The molecule has 0 saturated carbocycles. The van der Waals surface area contributed by atoms with Crippen LogP contribution in [0.25, 0.3) is 0 Å². The van der Waals surface area contributed by atoms with Crippen LogP contribution in [-0.4, -0.2) is 25.3 Å². The second-order valence-corrected chi connectivity index (χ2v) is 3.62. The number of Topliss-reactive ketones (excluding diaryl/α,β-unsaturated/α-hetero) is 1. The monoisotopic (exact) mass is 196 g/mol. The van der Waals surface area contributed by atoms with Gasteiger partial charge in [-0.15, -0.1) is 11.8 Å². The van der Waals surface area contributed by atoms with Gasteiger partial charge in [0, 0.05) is 12.0 Å². The van der Waals surface area contributed by atoms with Crippen molar-refractivity contribution in [2.24, 2.45) is 0 Å². The van der Waals surface area contributed by atoms with E-state index >= 15 is 0 Å². The third-order valence-electron chi connectivity index (χ3n) is 1.45. The molecule has 0 fully saturated rings. The highest BCUT2D eigenvalue weighted by Gasteiger charge is 2.01. The molecule has 1 aromatic rings. The minimum absolute atomic E-state index is 0.122. The molecular formula is C10H12O2S. The Morgan fingerprint density at radius 3 is 2.69 bits per heavy atom. The van der Waals surface area contributed by atoms with Crippen LogP contribution in [-0.2, 0) is 9.53 Å². The minimum Gasteiger partial charge on any atom is -0.377 e. The molecule has 0 bridgehead atoms. The molecule has 2 nitrogen and oxygen atoms in total. The Labute approximate surface area is 82.3 Å². The maximum Gasteiger partial charge on any atom is 0.168 e. The summed E-state index contributed by atoms with van der Waals surface area (Å²) in [5.41, 5.74) is 0. The molecule has 0 aliphatic carbocycles. The number of carbonyl (C=O) groups excluding carboxylic acids is 1. The van der Waals surface area contributed by atoms with Crippen molar-refractivity contribution in [3.63, 3.8) is 0 Å². The molecule has 0 N–H and O–H groups in total. The summed E-state index contributed by atoms with van der Waals surface area (Å²) < 4.78 is 4.73. The summed E-state index contributed by atoms with van der Waals surface area (Å²) in [7, 11) is 1.53. The number of benzene rings is 1. The van der Waals surface area contributed by atoms with Crippen molar-refractivity contribution < 1.29 is 9.53 Å². The van der Waals surface area contributed by atoms with Crippen LogP contribution >= 0.6 is 11.8 Å². The first-order chi connectivity index (χ1) is 6.33. The van der Waals surface area contributed by atoms with Crippen molar-refractivity contribution >= 4 is 17.5 Å². The highest BCUT2D eigenvalue weighted by atomic mass is 32.2. The normalized spacial score (nSPS) is 9.92. The van der Waals surface area contributed by atoms with E-state index < -0.39 is 0 Å². The SMILES string of the molecule is COCC(=O)CSc1ccccc1. The zero-order valence-electron chi connectivity index (χ0n) is 7.53. The van der Waals surface area contributed by atoms with Gasteiger partial charge in [-0.1, -0.05) is 18.2 Å². The minimum atomic E-state index is 0.122. The first kappa shape index (κ1) is 10.3. The summed E-state index contributed by atoms with van der Waals surface area (Å²) in [5, 5.41) is 0. The topological polar surface area (TPSA) is 26.3 Å². The molecule has 0 spiro atoms. The molecule has 0 saturated heterocycles. The van der Waals surface area contributed by atoms with Gasteiger partial charge >= 0.3 is 0 Å².